The Kier molecular flexibility index (Phi) is 3.65. The van der Waals surface area contributed by atoms with E-state index in [0.717, 1.165) is 19.6 Å². The van der Waals surface area contributed by atoms with E-state index in [-0.39, 0.29) is 5.82 Å². The second-order valence-electron chi connectivity index (χ2n) is 5.01. The Labute approximate surface area is 118 Å². The quantitative estimate of drug-likeness (QED) is 0.927. The van der Waals surface area contributed by atoms with Crippen LogP contribution in [0.25, 0.3) is 0 Å². The van der Waals surface area contributed by atoms with E-state index in [1.807, 2.05) is 24.0 Å². The van der Waals surface area contributed by atoms with Crippen molar-refractivity contribution in [2.75, 3.05) is 11.4 Å². The van der Waals surface area contributed by atoms with Crippen LogP contribution in [-0.4, -0.2) is 11.5 Å². The van der Waals surface area contributed by atoms with Crippen molar-refractivity contribution in [2.45, 2.75) is 26.6 Å². The summed E-state index contributed by atoms with van der Waals surface area (Å²) < 4.78 is 14.5. The van der Waals surface area contributed by atoms with Gasteiger partial charge in [0.2, 0.25) is 0 Å². The molecule has 1 aromatic heterocycles. The molecule has 1 aliphatic rings. The van der Waals surface area contributed by atoms with E-state index in [4.69, 9.17) is 0 Å². The average molecular weight is 271 g/mol. The van der Waals surface area contributed by atoms with Crippen molar-refractivity contribution in [3.8, 4) is 0 Å². The van der Waals surface area contributed by atoms with E-state index in [1.165, 1.54) is 11.1 Å². The zero-order valence-corrected chi connectivity index (χ0v) is 11.6. The van der Waals surface area contributed by atoms with Crippen molar-refractivity contribution in [3.05, 3.63) is 59.0 Å². The largest absolute Gasteiger partial charge is 0.345 e. The maximum absolute atomic E-state index is 14.5. The minimum Gasteiger partial charge on any atom is -0.345 e. The lowest BCUT2D eigenvalue weighted by Gasteiger charge is -2.18. The summed E-state index contributed by atoms with van der Waals surface area (Å²) in [5, 5.41) is 3.15. The minimum absolute atomic E-state index is 0.207. The summed E-state index contributed by atoms with van der Waals surface area (Å²) in [6.07, 6.45) is 1.69. The van der Waals surface area contributed by atoms with Crippen LogP contribution in [0.3, 0.4) is 0 Å². The van der Waals surface area contributed by atoms with E-state index in [9.17, 15) is 4.39 Å². The Morgan fingerprint density at radius 1 is 1.20 bits per heavy atom. The highest BCUT2D eigenvalue weighted by atomic mass is 19.1. The van der Waals surface area contributed by atoms with Gasteiger partial charge in [0, 0.05) is 31.4 Å². The number of hydrogen-bond donors (Lipinski definition) is 1. The molecular formula is C16H18FN3. The first-order valence-corrected chi connectivity index (χ1v) is 6.95. The first kappa shape index (κ1) is 13.1. The van der Waals surface area contributed by atoms with Crippen LogP contribution in [0.15, 0.2) is 36.5 Å². The molecule has 0 amide bonds. The number of rotatable bonds is 4. The molecule has 1 N–H and O–H groups in total. The fourth-order valence-corrected chi connectivity index (χ4v) is 2.57. The molecule has 3 rings (SSSR count). The molecule has 0 spiro atoms. The summed E-state index contributed by atoms with van der Waals surface area (Å²) >= 11 is 0. The van der Waals surface area contributed by atoms with Gasteiger partial charge in [0.05, 0.1) is 0 Å². The Hall–Kier alpha value is -1.94. The minimum atomic E-state index is -0.207. The van der Waals surface area contributed by atoms with Gasteiger partial charge >= 0.3 is 0 Å². The van der Waals surface area contributed by atoms with Crippen molar-refractivity contribution >= 4 is 5.82 Å². The number of hydrogen-bond acceptors (Lipinski definition) is 3. The van der Waals surface area contributed by atoms with Gasteiger partial charge in [0.15, 0.2) is 11.6 Å². The smallest absolute Gasteiger partial charge is 0.170 e. The van der Waals surface area contributed by atoms with Gasteiger partial charge < -0.3 is 10.2 Å². The number of aromatic nitrogens is 1. The summed E-state index contributed by atoms with van der Waals surface area (Å²) in [7, 11) is 0. The Balaban J connectivity index is 1.85. The molecule has 0 unspecified atom stereocenters. The molecule has 0 saturated carbocycles. The lowest BCUT2D eigenvalue weighted by Crippen LogP contribution is -2.20. The van der Waals surface area contributed by atoms with Crippen LogP contribution in [0.4, 0.5) is 10.2 Å². The third-order valence-electron chi connectivity index (χ3n) is 3.66. The van der Waals surface area contributed by atoms with E-state index in [0.29, 0.717) is 17.9 Å². The summed E-state index contributed by atoms with van der Waals surface area (Å²) in [6.45, 7) is 4.83. The summed E-state index contributed by atoms with van der Waals surface area (Å²) in [6, 6.07) is 9.97. The van der Waals surface area contributed by atoms with Gasteiger partial charge in [-0.05, 0) is 23.7 Å². The highest BCUT2D eigenvalue weighted by Gasteiger charge is 2.23. The molecule has 3 nitrogen and oxygen atoms in total. The van der Waals surface area contributed by atoms with Crippen LogP contribution in [0, 0.1) is 5.82 Å². The van der Waals surface area contributed by atoms with E-state index in [2.05, 4.69) is 22.4 Å². The van der Waals surface area contributed by atoms with Crippen LogP contribution < -0.4 is 10.2 Å². The number of benzene rings is 1. The molecule has 20 heavy (non-hydrogen) atoms. The summed E-state index contributed by atoms with van der Waals surface area (Å²) in [5.41, 5.74) is 3.18. The molecule has 4 heteroatoms. The number of nitrogens with zero attached hydrogens (tertiary/aromatic N) is 2. The lowest BCUT2D eigenvalue weighted by molar-refractivity contribution is 0.580. The molecule has 2 heterocycles. The standard InChI is InChI=1S/C16H18FN3/c1-2-18-9-12-7-8-19-16(15(12)17)20-10-13-5-3-4-6-14(13)11-20/h3-8,18H,2,9-11H2,1H3. The van der Waals surface area contributed by atoms with Gasteiger partial charge in [0.1, 0.15) is 0 Å². The molecule has 0 fully saturated rings. The SMILES string of the molecule is CCNCc1ccnc(N2Cc3ccccc3C2)c1F. The molecule has 0 bridgehead atoms. The van der Waals surface area contributed by atoms with Gasteiger partial charge in [-0.25, -0.2) is 9.37 Å². The Morgan fingerprint density at radius 2 is 1.90 bits per heavy atom. The van der Waals surface area contributed by atoms with Gasteiger partial charge in [0.25, 0.3) is 0 Å². The van der Waals surface area contributed by atoms with Gasteiger partial charge in [-0.1, -0.05) is 31.2 Å². The molecule has 0 aliphatic carbocycles. The fraction of sp³-hybridized carbons (Fsp3) is 0.312. The molecule has 0 radical (unpaired) electrons. The first-order chi connectivity index (χ1) is 9.79. The predicted molar refractivity (Wildman–Crippen MR) is 77.9 cm³/mol. The number of halogens is 1. The fourth-order valence-electron chi connectivity index (χ4n) is 2.57. The molecule has 2 aromatic rings. The number of anilines is 1. The maximum atomic E-state index is 14.5. The van der Waals surface area contributed by atoms with Crippen molar-refractivity contribution in [1.29, 1.82) is 0 Å². The van der Waals surface area contributed by atoms with Crippen molar-refractivity contribution in [2.24, 2.45) is 0 Å². The van der Waals surface area contributed by atoms with Crippen molar-refractivity contribution in [1.82, 2.24) is 10.3 Å². The second kappa shape index (κ2) is 5.59. The number of nitrogens with one attached hydrogen (secondary N) is 1. The van der Waals surface area contributed by atoms with Crippen molar-refractivity contribution < 1.29 is 4.39 Å². The molecule has 1 aromatic carbocycles. The normalized spacial score (nSPS) is 13.6. The molecule has 0 atom stereocenters. The molecule has 0 saturated heterocycles. The van der Waals surface area contributed by atoms with Crippen LogP contribution in [-0.2, 0) is 19.6 Å². The monoisotopic (exact) mass is 271 g/mol. The average Bonchev–Trinajstić information content (AvgIpc) is 2.90. The van der Waals surface area contributed by atoms with Crippen LogP contribution in [0.1, 0.15) is 23.6 Å². The van der Waals surface area contributed by atoms with Crippen LogP contribution in [0.2, 0.25) is 0 Å². The van der Waals surface area contributed by atoms with Gasteiger partial charge in [-0.2, -0.15) is 0 Å². The Morgan fingerprint density at radius 3 is 2.55 bits per heavy atom. The molecular weight excluding hydrogens is 253 g/mol. The molecule has 104 valence electrons. The summed E-state index contributed by atoms with van der Waals surface area (Å²) in [5.74, 6) is 0.248. The van der Waals surface area contributed by atoms with E-state index < -0.39 is 0 Å². The topological polar surface area (TPSA) is 28.2 Å². The highest BCUT2D eigenvalue weighted by Crippen LogP contribution is 2.29. The number of fused-ring (bicyclic) bond motifs is 1. The van der Waals surface area contributed by atoms with Crippen molar-refractivity contribution in [3.63, 3.8) is 0 Å². The van der Waals surface area contributed by atoms with Gasteiger partial charge in [-0.3, -0.25) is 0 Å². The van der Waals surface area contributed by atoms with Crippen LogP contribution in [0.5, 0.6) is 0 Å². The third-order valence-corrected chi connectivity index (χ3v) is 3.66. The first-order valence-electron chi connectivity index (χ1n) is 6.95. The zero-order valence-electron chi connectivity index (χ0n) is 11.6. The molecule has 1 aliphatic heterocycles. The summed E-state index contributed by atoms with van der Waals surface area (Å²) in [4.78, 5) is 6.23. The Bertz CT molecular complexity index is 587. The lowest BCUT2D eigenvalue weighted by atomic mass is 10.1. The predicted octanol–water partition coefficient (Wildman–Crippen LogP) is 2.85. The van der Waals surface area contributed by atoms with E-state index in [1.54, 1.807) is 12.3 Å². The second-order valence-corrected chi connectivity index (χ2v) is 5.01. The van der Waals surface area contributed by atoms with E-state index >= 15 is 0 Å². The maximum Gasteiger partial charge on any atom is 0.170 e. The zero-order chi connectivity index (χ0) is 13.9. The number of pyridine rings is 1. The third kappa shape index (κ3) is 2.39. The van der Waals surface area contributed by atoms with Gasteiger partial charge in [-0.15, -0.1) is 0 Å². The highest BCUT2D eigenvalue weighted by molar-refractivity contribution is 5.49. The van der Waals surface area contributed by atoms with Crippen LogP contribution >= 0.6 is 0 Å².